The number of rotatable bonds is 3. The molecular weight excluding hydrogens is 350 g/mol. The van der Waals surface area contributed by atoms with Crippen LogP contribution in [0.4, 0.5) is 0 Å². The molecule has 7 heteroatoms. The average molecular weight is 380 g/mol. The first-order chi connectivity index (χ1) is 12.3. The van der Waals surface area contributed by atoms with Gasteiger partial charge in [0.05, 0.1) is 10.8 Å². The minimum absolute atomic E-state index is 0.0923. The lowest BCUT2D eigenvalue weighted by atomic mass is 9.96. The van der Waals surface area contributed by atoms with Crippen LogP contribution in [0.1, 0.15) is 32.3 Å². The quantitative estimate of drug-likeness (QED) is 0.866. The Hall–Kier alpha value is -1.44. The van der Waals surface area contributed by atoms with Gasteiger partial charge < -0.3 is 10.2 Å². The van der Waals surface area contributed by atoms with Crippen molar-refractivity contribution < 1.29 is 13.2 Å². The van der Waals surface area contributed by atoms with E-state index in [1.165, 1.54) is 4.31 Å². The molecule has 1 aromatic rings. The number of hydrogen-bond acceptors (Lipinski definition) is 4. The Balaban J connectivity index is 1.74. The van der Waals surface area contributed by atoms with Gasteiger partial charge in [0.15, 0.2) is 0 Å². The molecule has 1 amide bonds. The highest BCUT2D eigenvalue weighted by molar-refractivity contribution is 7.89. The van der Waals surface area contributed by atoms with Crippen LogP contribution in [-0.4, -0.2) is 61.8 Å². The zero-order valence-corrected chi connectivity index (χ0v) is 16.6. The fraction of sp³-hybridized carbons (Fsp3) is 0.632. The molecule has 1 N–H and O–H groups in total. The minimum Gasteiger partial charge on any atom is -0.337 e. The Morgan fingerprint density at radius 1 is 1.15 bits per heavy atom. The number of nitrogens with zero attached hydrogens (tertiary/aromatic N) is 2. The highest BCUT2D eigenvalue weighted by atomic mass is 32.2. The van der Waals surface area contributed by atoms with E-state index >= 15 is 0 Å². The monoisotopic (exact) mass is 379 g/mol. The van der Waals surface area contributed by atoms with Crippen molar-refractivity contribution in [2.24, 2.45) is 5.92 Å². The number of piperazine rings is 1. The van der Waals surface area contributed by atoms with Crippen molar-refractivity contribution >= 4 is 15.9 Å². The maximum atomic E-state index is 13.0. The molecule has 0 saturated carbocycles. The molecule has 0 bridgehead atoms. The Labute approximate surface area is 156 Å². The van der Waals surface area contributed by atoms with Crippen LogP contribution in [0.15, 0.2) is 29.2 Å². The van der Waals surface area contributed by atoms with Crippen LogP contribution < -0.4 is 5.32 Å². The molecule has 2 fully saturated rings. The van der Waals surface area contributed by atoms with Gasteiger partial charge in [-0.2, -0.15) is 4.31 Å². The van der Waals surface area contributed by atoms with Crippen molar-refractivity contribution in [2.75, 3.05) is 26.2 Å². The van der Waals surface area contributed by atoms with Gasteiger partial charge in [-0.25, -0.2) is 8.42 Å². The average Bonchev–Trinajstić information content (AvgIpc) is 2.64. The molecule has 2 aliphatic heterocycles. The Morgan fingerprint density at radius 2 is 1.85 bits per heavy atom. The highest BCUT2D eigenvalue weighted by Crippen LogP contribution is 2.26. The highest BCUT2D eigenvalue weighted by Gasteiger charge is 2.37. The molecule has 2 saturated heterocycles. The topological polar surface area (TPSA) is 69.7 Å². The van der Waals surface area contributed by atoms with Crippen LogP contribution in [0.3, 0.4) is 0 Å². The summed E-state index contributed by atoms with van der Waals surface area (Å²) < 4.78 is 27.4. The molecule has 2 aliphatic rings. The number of carbonyl (C=O) groups is 1. The zero-order valence-electron chi connectivity index (χ0n) is 15.8. The largest absolute Gasteiger partial charge is 0.337 e. The van der Waals surface area contributed by atoms with Gasteiger partial charge in [0.1, 0.15) is 0 Å². The number of nitrogens with one attached hydrogen (secondary N) is 1. The van der Waals surface area contributed by atoms with Gasteiger partial charge in [-0.15, -0.1) is 0 Å². The number of amides is 1. The molecule has 0 aliphatic carbocycles. The number of hydrogen-bond donors (Lipinski definition) is 1. The van der Waals surface area contributed by atoms with E-state index in [2.05, 4.69) is 19.2 Å². The van der Waals surface area contributed by atoms with Crippen LogP contribution in [-0.2, 0) is 14.8 Å². The Bertz CT molecular complexity index is 748. The summed E-state index contributed by atoms with van der Waals surface area (Å²) >= 11 is 0. The zero-order chi connectivity index (χ0) is 18.9. The van der Waals surface area contributed by atoms with E-state index in [0.717, 1.165) is 24.9 Å². The van der Waals surface area contributed by atoms with Gasteiger partial charge in [-0.1, -0.05) is 17.7 Å². The first-order valence-electron chi connectivity index (χ1n) is 9.41. The van der Waals surface area contributed by atoms with E-state index in [9.17, 15) is 13.2 Å². The Kier molecular flexibility index (Phi) is 5.69. The van der Waals surface area contributed by atoms with Crippen LogP contribution in [0.25, 0.3) is 0 Å². The molecule has 1 aromatic carbocycles. The predicted molar refractivity (Wildman–Crippen MR) is 101 cm³/mol. The standard InChI is InChI=1S/C19H29N3O3S/c1-14-6-8-18(9-7-14)26(24,25)21-11-4-5-17(13-21)19(23)22-12-10-20-15(2)16(22)3/h6-9,15-17,20H,4-5,10-13H2,1-3H3. The lowest BCUT2D eigenvalue weighted by Gasteiger charge is -2.42. The summed E-state index contributed by atoms with van der Waals surface area (Å²) in [6.45, 7) is 8.30. The van der Waals surface area contributed by atoms with Crippen molar-refractivity contribution in [2.45, 2.75) is 50.6 Å². The van der Waals surface area contributed by atoms with E-state index in [1.54, 1.807) is 12.1 Å². The second-order valence-electron chi connectivity index (χ2n) is 7.53. The van der Waals surface area contributed by atoms with Gasteiger partial charge in [0.2, 0.25) is 15.9 Å². The minimum atomic E-state index is -3.55. The summed E-state index contributed by atoms with van der Waals surface area (Å²) in [7, 11) is -3.55. The molecule has 6 nitrogen and oxygen atoms in total. The number of piperidine rings is 1. The van der Waals surface area contributed by atoms with E-state index in [0.29, 0.717) is 18.0 Å². The SMILES string of the molecule is Cc1ccc(S(=O)(=O)N2CCCC(C(=O)N3CCNC(C)C3C)C2)cc1. The predicted octanol–water partition coefficient (Wildman–Crippen LogP) is 1.60. The van der Waals surface area contributed by atoms with Crippen molar-refractivity contribution in [3.05, 3.63) is 29.8 Å². The summed E-state index contributed by atoms with van der Waals surface area (Å²) in [5.41, 5.74) is 1.03. The van der Waals surface area contributed by atoms with E-state index in [4.69, 9.17) is 0 Å². The second kappa shape index (κ2) is 7.66. The molecule has 3 atom stereocenters. The van der Waals surface area contributed by atoms with E-state index in [-0.39, 0.29) is 30.5 Å². The van der Waals surface area contributed by atoms with Gasteiger partial charge in [0, 0.05) is 38.3 Å². The van der Waals surface area contributed by atoms with Crippen molar-refractivity contribution in [1.29, 1.82) is 0 Å². The number of benzene rings is 1. The second-order valence-corrected chi connectivity index (χ2v) is 9.47. The fourth-order valence-electron chi connectivity index (χ4n) is 3.82. The molecule has 0 aromatic heterocycles. The summed E-state index contributed by atoms with van der Waals surface area (Å²) in [4.78, 5) is 15.3. The van der Waals surface area contributed by atoms with Crippen LogP contribution >= 0.6 is 0 Å². The third kappa shape index (κ3) is 3.80. The first-order valence-corrected chi connectivity index (χ1v) is 10.9. The molecule has 144 valence electrons. The third-order valence-corrected chi connectivity index (χ3v) is 7.59. The van der Waals surface area contributed by atoms with Crippen LogP contribution in [0.5, 0.6) is 0 Å². The molecule has 0 radical (unpaired) electrons. The fourth-order valence-corrected chi connectivity index (χ4v) is 5.35. The number of aryl methyl sites for hydroxylation is 1. The van der Waals surface area contributed by atoms with Gasteiger partial charge in [-0.3, -0.25) is 4.79 Å². The van der Waals surface area contributed by atoms with Crippen molar-refractivity contribution in [3.63, 3.8) is 0 Å². The smallest absolute Gasteiger partial charge is 0.243 e. The van der Waals surface area contributed by atoms with Crippen LogP contribution in [0, 0.1) is 12.8 Å². The summed E-state index contributed by atoms with van der Waals surface area (Å²) in [6, 6.07) is 7.29. The molecule has 2 heterocycles. The number of sulfonamides is 1. The molecule has 3 unspecified atom stereocenters. The molecule has 0 spiro atoms. The maximum absolute atomic E-state index is 13.0. The first kappa shape index (κ1) is 19.3. The van der Waals surface area contributed by atoms with Gasteiger partial charge in [0.25, 0.3) is 0 Å². The summed E-state index contributed by atoms with van der Waals surface area (Å²) in [6.07, 6.45) is 1.47. The molecular formula is C19H29N3O3S. The lowest BCUT2D eigenvalue weighted by molar-refractivity contribution is -0.140. The van der Waals surface area contributed by atoms with Crippen LogP contribution in [0.2, 0.25) is 0 Å². The van der Waals surface area contributed by atoms with E-state index < -0.39 is 10.0 Å². The number of carbonyl (C=O) groups excluding carboxylic acids is 1. The summed E-state index contributed by atoms with van der Waals surface area (Å²) in [5.74, 6) is -0.161. The maximum Gasteiger partial charge on any atom is 0.243 e. The van der Waals surface area contributed by atoms with Crippen molar-refractivity contribution in [3.8, 4) is 0 Å². The van der Waals surface area contributed by atoms with Gasteiger partial charge >= 0.3 is 0 Å². The molecule has 26 heavy (non-hydrogen) atoms. The van der Waals surface area contributed by atoms with Gasteiger partial charge in [-0.05, 0) is 45.7 Å². The van der Waals surface area contributed by atoms with Crippen molar-refractivity contribution in [1.82, 2.24) is 14.5 Å². The third-order valence-electron chi connectivity index (χ3n) is 5.71. The van der Waals surface area contributed by atoms with E-state index in [1.807, 2.05) is 24.0 Å². The lowest BCUT2D eigenvalue weighted by Crippen LogP contribution is -2.59. The summed E-state index contributed by atoms with van der Waals surface area (Å²) in [5, 5.41) is 3.38. The normalized spacial score (nSPS) is 28.1. The molecule has 3 rings (SSSR count). The Morgan fingerprint density at radius 3 is 2.54 bits per heavy atom.